The summed E-state index contributed by atoms with van der Waals surface area (Å²) in [5, 5.41) is 0. The molecule has 0 aromatic heterocycles. The molecule has 2 aliphatic rings. The lowest BCUT2D eigenvalue weighted by Gasteiger charge is -2.32. The van der Waals surface area contributed by atoms with Crippen molar-refractivity contribution < 1.29 is 14.3 Å². The average Bonchev–Trinajstić information content (AvgIpc) is 2.80. The van der Waals surface area contributed by atoms with Crippen LogP contribution < -0.4 is 0 Å². The number of carbonyl (C=O) groups excluding carboxylic acids is 2. The molecule has 0 spiro atoms. The van der Waals surface area contributed by atoms with Crippen LogP contribution in [0.15, 0.2) is 0 Å². The molecular weight excluding hydrogens is 256 g/mol. The van der Waals surface area contributed by atoms with Gasteiger partial charge in [-0.05, 0) is 25.2 Å². The molecule has 0 radical (unpaired) electrons. The van der Waals surface area contributed by atoms with Crippen molar-refractivity contribution in [2.24, 2.45) is 11.8 Å². The van der Waals surface area contributed by atoms with Crippen molar-refractivity contribution in [3.63, 3.8) is 0 Å². The van der Waals surface area contributed by atoms with E-state index < -0.39 is 0 Å². The van der Waals surface area contributed by atoms with Crippen molar-refractivity contribution in [1.82, 2.24) is 9.80 Å². The Morgan fingerprint density at radius 1 is 1.40 bits per heavy atom. The molecule has 2 rings (SSSR count). The van der Waals surface area contributed by atoms with Crippen molar-refractivity contribution in [3.8, 4) is 0 Å². The Morgan fingerprint density at radius 2 is 2.20 bits per heavy atom. The number of carbonyl (C=O) groups is 2. The maximum absolute atomic E-state index is 12.5. The first-order chi connectivity index (χ1) is 9.61. The predicted molar refractivity (Wildman–Crippen MR) is 76.2 cm³/mol. The molecule has 0 N–H and O–H groups in total. The Kier molecular flexibility index (Phi) is 5.40. The molecule has 20 heavy (non-hydrogen) atoms. The molecule has 0 aliphatic carbocycles. The molecule has 2 atom stereocenters. The second-order valence-corrected chi connectivity index (χ2v) is 6.12. The summed E-state index contributed by atoms with van der Waals surface area (Å²) in [5.74, 6) is 0.751. The topological polar surface area (TPSA) is 49.9 Å². The van der Waals surface area contributed by atoms with E-state index >= 15 is 0 Å². The number of methoxy groups -OCH3 is 1. The zero-order valence-electron chi connectivity index (χ0n) is 12.6. The van der Waals surface area contributed by atoms with Gasteiger partial charge in [0.05, 0.1) is 5.92 Å². The number of amides is 2. The van der Waals surface area contributed by atoms with Crippen molar-refractivity contribution in [2.75, 3.05) is 39.9 Å². The van der Waals surface area contributed by atoms with Gasteiger partial charge >= 0.3 is 0 Å². The molecule has 0 bridgehead atoms. The molecule has 2 fully saturated rings. The quantitative estimate of drug-likeness (QED) is 0.710. The van der Waals surface area contributed by atoms with E-state index in [0.29, 0.717) is 32.0 Å². The SMILES string of the molecule is COCCCN1CC(C(=O)N2CCCC(C)C2)CC1=O. The first-order valence-corrected chi connectivity index (χ1v) is 7.67. The lowest BCUT2D eigenvalue weighted by molar-refractivity contribution is -0.137. The van der Waals surface area contributed by atoms with Gasteiger partial charge in [-0.2, -0.15) is 0 Å². The van der Waals surface area contributed by atoms with Gasteiger partial charge in [0.2, 0.25) is 11.8 Å². The van der Waals surface area contributed by atoms with E-state index in [9.17, 15) is 9.59 Å². The molecule has 0 aromatic carbocycles. The number of rotatable bonds is 5. The number of piperidine rings is 1. The minimum Gasteiger partial charge on any atom is -0.385 e. The van der Waals surface area contributed by atoms with E-state index in [2.05, 4.69) is 6.92 Å². The number of likely N-dealkylation sites (tertiary alicyclic amines) is 2. The van der Waals surface area contributed by atoms with Crippen LogP contribution in [-0.4, -0.2) is 61.5 Å². The zero-order valence-corrected chi connectivity index (χ0v) is 12.6. The maximum atomic E-state index is 12.5. The fourth-order valence-corrected chi connectivity index (χ4v) is 3.20. The lowest BCUT2D eigenvalue weighted by Crippen LogP contribution is -2.43. The van der Waals surface area contributed by atoms with Crippen molar-refractivity contribution in [3.05, 3.63) is 0 Å². The van der Waals surface area contributed by atoms with Gasteiger partial charge in [0.1, 0.15) is 0 Å². The second kappa shape index (κ2) is 7.07. The van der Waals surface area contributed by atoms with Gasteiger partial charge in [-0.15, -0.1) is 0 Å². The minimum absolute atomic E-state index is 0.115. The summed E-state index contributed by atoms with van der Waals surface area (Å²) >= 11 is 0. The summed E-state index contributed by atoms with van der Waals surface area (Å²) in [5.41, 5.74) is 0. The van der Waals surface area contributed by atoms with Gasteiger partial charge in [0.25, 0.3) is 0 Å². The van der Waals surface area contributed by atoms with Crippen molar-refractivity contribution in [1.29, 1.82) is 0 Å². The molecule has 0 aromatic rings. The number of ether oxygens (including phenoxy) is 1. The normalized spacial score (nSPS) is 27.2. The third-order valence-electron chi connectivity index (χ3n) is 4.31. The minimum atomic E-state index is -0.129. The Balaban J connectivity index is 1.84. The number of hydrogen-bond donors (Lipinski definition) is 0. The summed E-state index contributed by atoms with van der Waals surface area (Å²) in [7, 11) is 1.66. The highest BCUT2D eigenvalue weighted by Gasteiger charge is 2.36. The molecule has 2 aliphatic heterocycles. The van der Waals surface area contributed by atoms with Gasteiger partial charge < -0.3 is 14.5 Å². The van der Waals surface area contributed by atoms with Crippen LogP contribution in [0, 0.1) is 11.8 Å². The van der Waals surface area contributed by atoms with E-state index in [4.69, 9.17) is 4.74 Å². The van der Waals surface area contributed by atoms with Crippen LogP contribution in [-0.2, 0) is 14.3 Å². The first-order valence-electron chi connectivity index (χ1n) is 7.67. The summed E-state index contributed by atoms with van der Waals surface area (Å²) in [6, 6.07) is 0. The van der Waals surface area contributed by atoms with E-state index in [-0.39, 0.29) is 17.7 Å². The van der Waals surface area contributed by atoms with Gasteiger partial charge in [-0.1, -0.05) is 6.92 Å². The standard InChI is InChI=1S/C15H26N2O3/c1-12-5-3-6-17(10-12)15(19)13-9-14(18)16(11-13)7-4-8-20-2/h12-13H,3-11H2,1-2H3. The largest absolute Gasteiger partial charge is 0.385 e. The Labute approximate surface area is 121 Å². The van der Waals surface area contributed by atoms with E-state index in [1.165, 1.54) is 6.42 Å². The molecule has 5 heteroatoms. The lowest BCUT2D eigenvalue weighted by atomic mass is 9.98. The molecule has 0 saturated carbocycles. The monoisotopic (exact) mass is 282 g/mol. The number of hydrogen-bond acceptors (Lipinski definition) is 3. The summed E-state index contributed by atoms with van der Waals surface area (Å²) < 4.78 is 5.01. The third kappa shape index (κ3) is 3.72. The summed E-state index contributed by atoms with van der Waals surface area (Å²) in [6.45, 7) is 5.85. The van der Waals surface area contributed by atoms with E-state index in [1.54, 1.807) is 7.11 Å². The summed E-state index contributed by atoms with van der Waals surface area (Å²) in [4.78, 5) is 28.2. The molecule has 2 unspecified atom stereocenters. The smallest absolute Gasteiger partial charge is 0.228 e. The highest BCUT2D eigenvalue weighted by molar-refractivity contribution is 5.89. The van der Waals surface area contributed by atoms with E-state index in [0.717, 1.165) is 25.9 Å². The Morgan fingerprint density at radius 3 is 2.90 bits per heavy atom. The third-order valence-corrected chi connectivity index (χ3v) is 4.31. The van der Waals surface area contributed by atoms with Crippen LogP contribution in [0.1, 0.15) is 32.6 Å². The zero-order chi connectivity index (χ0) is 14.5. The second-order valence-electron chi connectivity index (χ2n) is 6.12. The first kappa shape index (κ1) is 15.3. The molecule has 114 valence electrons. The van der Waals surface area contributed by atoms with Crippen LogP contribution in [0.2, 0.25) is 0 Å². The molecular formula is C15H26N2O3. The molecule has 2 saturated heterocycles. The number of nitrogens with zero attached hydrogens (tertiary/aromatic N) is 2. The van der Waals surface area contributed by atoms with Gasteiger partial charge in [0.15, 0.2) is 0 Å². The van der Waals surface area contributed by atoms with Crippen LogP contribution in [0.3, 0.4) is 0 Å². The van der Waals surface area contributed by atoms with Crippen LogP contribution in [0.25, 0.3) is 0 Å². The molecule has 2 amide bonds. The highest BCUT2D eigenvalue weighted by atomic mass is 16.5. The van der Waals surface area contributed by atoms with Crippen LogP contribution in [0.5, 0.6) is 0 Å². The molecule has 2 heterocycles. The average molecular weight is 282 g/mol. The van der Waals surface area contributed by atoms with Crippen LogP contribution in [0.4, 0.5) is 0 Å². The van der Waals surface area contributed by atoms with Crippen LogP contribution >= 0.6 is 0 Å². The Hall–Kier alpha value is -1.10. The van der Waals surface area contributed by atoms with Gasteiger partial charge in [0, 0.05) is 46.3 Å². The fourth-order valence-electron chi connectivity index (χ4n) is 3.20. The van der Waals surface area contributed by atoms with E-state index in [1.807, 2.05) is 9.80 Å². The van der Waals surface area contributed by atoms with Crippen molar-refractivity contribution >= 4 is 11.8 Å². The predicted octanol–water partition coefficient (Wildman–Crippen LogP) is 1.13. The van der Waals surface area contributed by atoms with Gasteiger partial charge in [-0.3, -0.25) is 9.59 Å². The maximum Gasteiger partial charge on any atom is 0.228 e. The molecule has 5 nitrogen and oxygen atoms in total. The Bertz CT molecular complexity index is 359. The van der Waals surface area contributed by atoms with Crippen molar-refractivity contribution in [2.45, 2.75) is 32.6 Å². The highest BCUT2D eigenvalue weighted by Crippen LogP contribution is 2.23. The summed E-state index contributed by atoms with van der Waals surface area (Å²) in [6.07, 6.45) is 3.52. The fraction of sp³-hybridized carbons (Fsp3) is 0.867. The van der Waals surface area contributed by atoms with Gasteiger partial charge in [-0.25, -0.2) is 0 Å².